The minimum atomic E-state index is -0.0291. The molecule has 0 spiro atoms. The summed E-state index contributed by atoms with van der Waals surface area (Å²) < 4.78 is 1.92. The number of rotatable bonds is 2. The Morgan fingerprint density at radius 1 is 1.05 bits per heavy atom. The van der Waals surface area contributed by atoms with E-state index in [1.54, 1.807) is 6.20 Å². The zero-order chi connectivity index (χ0) is 14.4. The van der Waals surface area contributed by atoms with Crippen molar-refractivity contribution in [1.29, 1.82) is 0 Å². The van der Waals surface area contributed by atoms with Crippen LogP contribution in [0, 0.1) is 11.8 Å². The van der Waals surface area contributed by atoms with Crippen LogP contribution in [0.5, 0.6) is 0 Å². The van der Waals surface area contributed by atoms with E-state index in [9.17, 15) is 9.59 Å². The van der Waals surface area contributed by atoms with Crippen molar-refractivity contribution in [3.05, 3.63) is 12.4 Å². The van der Waals surface area contributed by atoms with Crippen molar-refractivity contribution < 1.29 is 9.59 Å². The zero-order valence-electron chi connectivity index (χ0n) is 12.0. The zero-order valence-corrected chi connectivity index (χ0v) is 12.0. The van der Waals surface area contributed by atoms with Gasteiger partial charge in [-0.2, -0.15) is 5.10 Å². The lowest BCUT2D eigenvalue weighted by atomic mass is 9.97. The average Bonchev–Trinajstić information content (AvgIpc) is 3.15. The molecule has 6 heteroatoms. The summed E-state index contributed by atoms with van der Waals surface area (Å²) in [5.74, 6) is 0.0158. The van der Waals surface area contributed by atoms with Gasteiger partial charge in [0.05, 0.1) is 17.9 Å². The molecule has 3 fully saturated rings. The Morgan fingerprint density at radius 3 is 2.38 bits per heavy atom. The summed E-state index contributed by atoms with van der Waals surface area (Å²) in [6.07, 6.45) is 8.07. The van der Waals surface area contributed by atoms with Gasteiger partial charge >= 0.3 is 0 Å². The van der Waals surface area contributed by atoms with Crippen LogP contribution in [0.4, 0.5) is 5.69 Å². The van der Waals surface area contributed by atoms with Crippen molar-refractivity contribution in [3.8, 4) is 0 Å². The molecule has 1 aliphatic carbocycles. The number of fused-ring (bicyclic) bond motifs is 2. The van der Waals surface area contributed by atoms with Gasteiger partial charge in [-0.15, -0.1) is 0 Å². The molecule has 1 saturated carbocycles. The predicted molar refractivity (Wildman–Crippen MR) is 76.7 cm³/mol. The van der Waals surface area contributed by atoms with Gasteiger partial charge in [0.1, 0.15) is 0 Å². The number of nitrogens with one attached hydrogen (secondary N) is 1. The number of amides is 2. The molecule has 0 aromatic carbocycles. The quantitative estimate of drug-likeness (QED) is 0.827. The van der Waals surface area contributed by atoms with E-state index in [4.69, 9.17) is 0 Å². The highest BCUT2D eigenvalue weighted by Crippen LogP contribution is 2.40. The Balaban J connectivity index is 1.60. The van der Waals surface area contributed by atoms with E-state index in [0.717, 1.165) is 45.2 Å². The summed E-state index contributed by atoms with van der Waals surface area (Å²) in [6.45, 7) is 1.98. The van der Waals surface area contributed by atoms with Crippen LogP contribution in [0.15, 0.2) is 12.4 Å². The van der Waals surface area contributed by atoms with Gasteiger partial charge in [0.25, 0.3) is 0 Å². The highest BCUT2D eigenvalue weighted by Gasteiger charge is 2.46. The second-order valence-electron chi connectivity index (χ2n) is 6.38. The Bertz CT molecular complexity index is 554. The fraction of sp³-hybridized carbons (Fsp3) is 0.667. The maximum absolute atomic E-state index is 12.4. The Labute approximate surface area is 123 Å². The molecule has 4 rings (SSSR count). The number of carbonyl (C=O) groups is 2. The minimum absolute atomic E-state index is 0.0291. The fourth-order valence-corrected chi connectivity index (χ4v) is 3.87. The molecule has 3 heterocycles. The summed E-state index contributed by atoms with van der Waals surface area (Å²) in [5, 5.41) is 7.73. The molecule has 2 saturated heterocycles. The first-order valence-electron chi connectivity index (χ1n) is 7.86. The maximum Gasteiger partial charge on any atom is 0.237 e. The van der Waals surface area contributed by atoms with E-state index in [1.807, 2.05) is 10.9 Å². The monoisotopic (exact) mass is 288 g/mol. The first-order chi connectivity index (χ1) is 10.2. The van der Waals surface area contributed by atoms with Gasteiger partial charge in [-0.25, -0.2) is 4.90 Å². The molecule has 21 heavy (non-hydrogen) atoms. The molecular weight excluding hydrogens is 268 g/mol. The Kier molecular flexibility index (Phi) is 3.06. The van der Waals surface area contributed by atoms with Crippen LogP contribution >= 0.6 is 0 Å². The smallest absolute Gasteiger partial charge is 0.237 e. The van der Waals surface area contributed by atoms with Crippen molar-refractivity contribution in [2.24, 2.45) is 11.8 Å². The molecular formula is C15H20N4O2. The molecule has 2 bridgehead atoms. The van der Waals surface area contributed by atoms with Crippen LogP contribution in [0.1, 0.15) is 38.1 Å². The van der Waals surface area contributed by atoms with Gasteiger partial charge < -0.3 is 5.32 Å². The van der Waals surface area contributed by atoms with Crippen LogP contribution in [0.2, 0.25) is 0 Å². The normalized spacial score (nSPS) is 30.2. The highest BCUT2D eigenvalue weighted by molar-refractivity contribution is 6.18. The lowest BCUT2D eigenvalue weighted by Crippen LogP contribution is -2.46. The summed E-state index contributed by atoms with van der Waals surface area (Å²) in [6, 6.07) is 0.367. The van der Waals surface area contributed by atoms with E-state index in [0.29, 0.717) is 11.7 Å². The molecule has 2 aliphatic heterocycles. The SMILES string of the molecule is O=C1C2CCC(C2)C(=O)N1c1cnn(C2CCNCC2)c1. The summed E-state index contributed by atoms with van der Waals surface area (Å²) in [5.41, 5.74) is 0.653. The lowest BCUT2D eigenvalue weighted by Gasteiger charge is -2.28. The topological polar surface area (TPSA) is 67.2 Å². The lowest BCUT2D eigenvalue weighted by molar-refractivity contribution is -0.132. The number of imide groups is 1. The molecule has 2 atom stereocenters. The van der Waals surface area contributed by atoms with Crippen LogP contribution in [-0.2, 0) is 9.59 Å². The van der Waals surface area contributed by atoms with E-state index in [2.05, 4.69) is 10.4 Å². The molecule has 0 radical (unpaired) electrons. The van der Waals surface area contributed by atoms with Gasteiger partial charge in [0.15, 0.2) is 0 Å². The predicted octanol–water partition coefficient (Wildman–Crippen LogP) is 1.10. The Morgan fingerprint density at radius 2 is 1.71 bits per heavy atom. The number of anilines is 1. The number of nitrogens with zero attached hydrogens (tertiary/aromatic N) is 3. The van der Waals surface area contributed by atoms with Crippen molar-refractivity contribution in [3.63, 3.8) is 0 Å². The molecule has 2 amide bonds. The van der Waals surface area contributed by atoms with E-state index in [1.165, 1.54) is 4.90 Å². The third-order valence-corrected chi connectivity index (χ3v) is 5.10. The molecule has 6 nitrogen and oxygen atoms in total. The largest absolute Gasteiger partial charge is 0.317 e. The number of aromatic nitrogens is 2. The van der Waals surface area contributed by atoms with Gasteiger partial charge in [-0.3, -0.25) is 14.3 Å². The van der Waals surface area contributed by atoms with Crippen LogP contribution < -0.4 is 10.2 Å². The number of hydrogen-bond acceptors (Lipinski definition) is 4. The van der Waals surface area contributed by atoms with Gasteiger partial charge in [0, 0.05) is 18.0 Å². The van der Waals surface area contributed by atoms with Gasteiger partial charge in [-0.05, 0) is 45.2 Å². The Hall–Kier alpha value is -1.69. The molecule has 112 valence electrons. The summed E-state index contributed by atoms with van der Waals surface area (Å²) in [4.78, 5) is 26.3. The van der Waals surface area contributed by atoms with E-state index in [-0.39, 0.29) is 23.7 Å². The molecule has 2 unspecified atom stereocenters. The first-order valence-corrected chi connectivity index (χ1v) is 7.86. The number of piperidine rings is 2. The van der Waals surface area contributed by atoms with E-state index < -0.39 is 0 Å². The second-order valence-corrected chi connectivity index (χ2v) is 6.38. The first kappa shape index (κ1) is 13.0. The van der Waals surface area contributed by atoms with Crippen molar-refractivity contribution >= 4 is 17.5 Å². The van der Waals surface area contributed by atoms with E-state index >= 15 is 0 Å². The maximum atomic E-state index is 12.4. The van der Waals surface area contributed by atoms with Gasteiger partial charge in [-0.1, -0.05) is 0 Å². The minimum Gasteiger partial charge on any atom is -0.317 e. The van der Waals surface area contributed by atoms with Crippen molar-refractivity contribution in [2.75, 3.05) is 18.0 Å². The third kappa shape index (κ3) is 2.09. The van der Waals surface area contributed by atoms with Crippen LogP contribution in [0.3, 0.4) is 0 Å². The summed E-state index contributed by atoms with van der Waals surface area (Å²) in [7, 11) is 0. The second kappa shape index (κ2) is 4.94. The van der Waals surface area contributed by atoms with Gasteiger partial charge in [0.2, 0.25) is 11.8 Å². The fourth-order valence-electron chi connectivity index (χ4n) is 3.87. The third-order valence-electron chi connectivity index (χ3n) is 5.10. The van der Waals surface area contributed by atoms with Crippen molar-refractivity contribution in [1.82, 2.24) is 15.1 Å². The summed E-state index contributed by atoms with van der Waals surface area (Å²) >= 11 is 0. The molecule has 1 aromatic heterocycles. The standard InChI is InChI=1S/C15H20N4O2/c20-14-10-1-2-11(7-10)15(21)19(14)13-8-17-18(9-13)12-3-5-16-6-4-12/h8-12,16H,1-7H2. The van der Waals surface area contributed by atoms with Crippen LogP contribution in [0.25, 0.3) is 0 Å². The van der Waals surface area contributed by atoms with Crippen molar-refractivity contribution in [2.45, 2.75) is 38.1 Å². The molecule has 3 aliphatic rings. The molecule has 1 aromatic rings. The van der Waals surface area contributed by atoms with Crippen LogP contribution in [-0.4, -0.2) is 34.7 Å². The highest BCUT2D eigenvalue weighted by atomic mass is 16.2. The number of carbonyl (C=O) groups excluding carboxylic acids is 2. The number of hydrogen-bond donors (Lipinski definition) is 1. The molecule has 1 N–H and O–H groups in total. The average molecular weight is 288 g/mol.